The Bertz CT molecular complexity index is 653. The Labute approximate surface area is 132 Å². The van der Waals surface area contributed by atoms with Crippen LogP contribution in [0.3, 0.4) is 0 Å². The SMILES string of the molecule is CSc1cccc(NC(=O)c2cc(N3CCOCC3)on2)c1. The third-order valence-corrected chi connectivity index (χ3v) is 4.11. The molecule has 3 rings (SSSR count). The Balaban J connectivity index is 1.68. The monoisotopic (exact) mass is 319 g/mol. The standard InChI is InChI=1S/C15H17N3O3S/c1-22-12-4-2-3-11(9-12)16-15(19)13-10-14(21-17-13)18-5-7-20-8-6-18/h2-4,9-10H,5-8H2,1H3,(H,16,19). The zero-order valence-corrected chi connectivity index (χ0v) is 13.1. The Kier molecular flexibility index (Phi) is 4.65. The van der Waals surface area contributed by atoms with Crippen molar-refractivity contribution in [1.29, 1.82) is 0 Å². The molecule has 1 fully saturated rings. The van der Waals surface area contributed by atoms with Crippen LogP contribution < -0.4 is 10.2 Å². The minimum Gasteiger partial charge on any atom is -0.378 e. The molecule has 1 aromatic carbocycles. The Hall–Kier alpha value is -1.99. The second-order valence-corrected chi connectivity index (χ2v) is 5.72. The largest absolute Gasteiger partial charge is 0.378 e. The molecule has 1 saturated heterocycles. The van der Waals surface area contributed by atoms with E-state index in [1.165, 1.54) is 0 Å². The van der Waals surface area contributed by atoms with Crippen LogP contribution in [0.5, 0.6) is 0 Å². The summed E-state index contributed by atoms with van der Waals surface area (Å²) in [5.41, 5.74) is 1.02. The van der Waals surface area contributed by atoms with E-state index in [4.69, 9.17) is 9.26 Å². The molecule has 22 heavy (non-hydrogen) atoms. The summed E-state index contributed by atoms with van der Waals surface area (Å²) in [7, 11) is 0. The molecule has 1 aliphatic heterocycles. The Morgan fingerprint density at radius 3 is 2.91 bits per heavy atom. The summed E-state index contributed by atoms with van der Waals surface area (Å²) < 4.78 is 10.6. The van der Waals surface area contributed by atoms with Gasteiger partial charge >= 0.3 is 0 Å². The van der Waals surface area contributed by atoms with Crippen LogP contribution in [-0.2, 0) is 4.74 Å². The smallest absolute Gasteiger partial charge is 0.277 e. The molecule has 6 nitrogen and oxygen atoms in total. The van der Waals surface area contributed by atoms with Crippen LogP contribution in [0.15, 0.2) is 39.8 Å². The van der Waals surface area contributed by atoms with Crippen molar-refractivity contribution in [1.82, 2.24) is 5.16 Å². The van der Waals surface area contributed by atoms with Crippen LogP contribution in [-0.4, -0.2) is 43.6 Å². The van der Waals surface area contributed by atoms with Crippen molar-refractivity contribution in [3.05, 3.63) is 36.0 Å². The quantitative estimate of drug-likeness (QED) is 0.873. The van der Waals surface area contributed by atoms with Crippen molar-refractivity contribution in [3.8, 4) is 0 Å². The molecular formula is C15H17N3O3S. The predicted octanol–water partition coefficient (Wildman–Crippen LogP) is 2.49. The second-order valence-electron chi connectivity index (χ2n) is 4.84. The first-order chi connectivity index (χ1) is 10.8. The van der Waals surface area contributed by atoms with Crippen LogP contribution in [0.4, 0.5) is 11.6 Å². The molecule has 1 N–H and O–H groups in total. The summed E-state index contributed by atoms with van der Waals surface area (Å²) in [6.45, 7) is 2.80. The highest BCUT2D eigenvalue weighted by Crippen LogP contribution is 2.21. The van der Waals surface area contributed by atoms with Crippen molar-refractivity contribution >= 4 is 29.2 Å². The number of amides is 1. The van der Waals surface area contributed by atoms with E-state index in [-0.39, 0.29) is 11.6 Å². The molecule has 2 aromatic rings. The fourth-order valence-corrected chi connectivity index (χ4v) is 2.66. The van der Waals surface area contributed by atoms with Crippen molar-refractivity contribution in [2.75, 3.05) is 42.8 Å². The van der Waals surface area contributed by atoms with Gasteiger partial charge < -0.3 is 19.5 Å². The zero-order chi connectivity index (χ0) is 15.4. The molecule has 0 spiro atoms. The van der Waals surface area contributed by atoms with E-state index in [9.17, 15) is 4.79 Å². The summed E-state index contributed by atoms with van der Waals surface area (Å²) in [6.07, 6.45) is 1.99. The number of aromatic nitrogens is 1. The van der Waals surface area contributed by atoms with Gasteiger partial charge in [0.15, 0.2) is 5.69 Å². The number of ether oxygens (including phenoxy) is 1. The van der Waals surface area contributed by atoms with E-state index >= 15 is 0 Å². The number of carbonyl (C=O) groups excluding carboxylic acids is 1. The highest BCUT2D eigenvalue weighted by atomic mass is 32.2. The number of nitrogens with zero attached hydrogens (tertiary/aromatic N) is 2. The van der Waals surface area contributed by atoms with Crippen LogP contribution >= 0.6 is 11.8 Å². The van der Waals surface area contributed by atoms with Crippen molar-refractivity contribution < 1.29 is 14.1 Å². The molecule has 116 valence electrons. The van der Waals surface area contributed by atoms with Crippen LogP contribution in [0.2, 0.25) is 0 Å². The number of rotatable bonds is 4. The molecule has 1 amide bonds. The summed E-state index contributed by atoms with van der Waals surface area (Å²) in [4.78, 5) is 15.3. The maximum atomic E-state index is 12.2. The van der Waals surface area contributed by atoms with Gasteiger partial charge in [0, 0.05) is 29.7 Å². The fourth-order valence-electron chi connectivity index (χ4n) is 2.20. The van der Waals surface area contributed by atoms with E-state index in [0.29, 0.717) is 19.1 Å². The number of hydrogen-bond donors (Lipinski definition) is 1. The molecule has 2 heterocycles. The van der Waals surface area contributed by atoms with Crippen LogP contribution in [0, 0.1) is 0 Å². The minimum atomic E-state index is -0.276. The number of morpholine rings is 1. The molecule has 1 aliphatic rings. The number of nitrogens with one attached hydrogen (secondary N) is 1. The number of carbonyl (C=O) groups is 1. The van der Waals surface area contributed by atoms with Crippen LogP contribution in [0.1, 0.15) is 10.5 Å². The number of anilines is 2. The van der Waals surface area contributed by atoms with Gasteiger partial charge in [-0.15, -0.1) is 11.8 Å². The second kappa shape index (κ2) is 6.85. The van der Waals surface area contributed by atoms with Crippen molar-refractivity contribution in [2.45, 2.75) is 4.90 Å². The minimum absolute atomic E-state index is 0.274. The summed E-state index contributed by atoms with van der Waals surface area (Å²) >= 11 is 1.62. The molecule has 0 unspecified atom stereocenters. The van der Waals surface area contributed by atoms with Gasteiger partial charge in [0.2, 0.25) is 5.88 Å². The third kappa shape index (κ3) is 3.42. The molecule has 0 radical (unpaired) electrons. The van der Waals surface area contributed by atoms with E-state index in [0.717, 1.165) is 23.7 Å². The maximum absolute atomic E-state index is 12.2. The van der Waals surface area contributed by atoms with Gasteiger partial charge in [-0.3, -0.25) is 4.79 Å². The Morgan fingerprint density at radius 1 is 1.32 bits per heavy atom. The maximum Gasteiger partial charge on any atom is 0.277 e. The van der Waals surface area contributed by atoms with Gasteiger partial charge in [0.25, 0.3) is 5.91 Å². The van der Waals surface area contributed by atoms with Gasteiger partial charge in [0.1, 0.15) is 0 Å². The molecule has 7 heteroatoms. The number of benzene rings is 1. The Morgan fingerprint density at radius 2 is 2.14 bits per heavy atom. The fraction of sp³-hybridized carbons (Fsp3) is 0.333. The molecule has 0 atom stereocenters. The van der Waals surface area contributed by atoms with Gasteiger partial charge in [-0.05, 0) is 24.5 Å². The topological polar surface area (TPSA) is 67.6 Å². The average molecular weight is 319 g/mol. The highest BCUT2D eigenvalue weighted by molar-refractivity contribution is 7.98. The first-order valence-corrected chi connectivity index (χ1v) is 8.23. The lowest BCUT2D eigenvalue weighted by molar-refractivity contribution is 0.101. The summed E-state index contributed by atoms with van der Waals surface area (Å²) in [5.74, 6) is 0.327. The third-order valence-electron chi connectivity index (χ3n) is 3.38. The van der Waals surface area contributed by atoms with E-state index < -0.39 is 0 Å². The molecule has 1 aromatic heterocycles. The first kappa shape index (κ1) is 14.9. The van der Waals surface area contributed by atoms with Crippen LogP contribution in [0.25, 0.3) is 0 Å². The average Bonchev–Trinajstić information content (AvgIpc) is 3.06. The first-order valence-electron chi connectivity index (χ1n) is 7.01. The van der Waals surface area contributed by atoms with Gasteiger partial charge in [-0.25, -0.2) is 0 Å². The molecule has 0 bridgehead atoms. The van der Waals surface area contributed by atoms with Crippen molar-refractivity contribution in [3.63, 3.8) is 0 Å². The lowest BCUT2D eigenvalue weighted by atomic mass is 10.3. The molecule has 0 saturated carbocycles. The molecule has 0 aliphatic carbocycles. The van der Waals surface area contributed by atoms with Crippen molar-refractivity contribution in [2.24, 2.45) is 0 Å². The van der Waals surface area contributed by atoms with E-state index in [2.05, 4.69) is 10.5 Å². The summed E-state index contributed by atoms with van der Waals surface area (Å²) in [6, 6.07) is 9.33. The van der Waals surface area contributed by atoms with E-state index in [1.54, 1.807) is 17.8 Å². The predicted molar refractivity (Wildman–Crippen MR) is 85.7 cm³/mol. The highest BCUT2D eigenvalue weighted by Gasteiger charge is 2.19. The van der Waals surface area contributed by atoms with E-state index in [1.807, 2.05) is 35.4 Å². The zero-order valence-electron chi connectivity index (χ0n) is 12.2. The molecular weight excluding hydrogens is 302 g/mol. The lowest BCUT2D eigenvalue weighted by Crippen LogP contribution is -2.35. The van der Waals surface area contributed by atoms with Gasteiger partial charge in [-0.1, -0.05) is 11.2 Å². The number of hydrogen-bond acceptors (Lipinski definition) is 6. The van der Waals surface area contributed by atoms with Gasteiger partial charge in [0.05, 0.1) is 13.2 Å². The lowest BCUT2D eigenvalue weighted by Gasteiger charge is -2.25. The number of thioether (sulfide) groups is 1. The normalized spacial score (nSPS) is 14.9. The summed E-state index contributed by atoms with van der Waals surface area (Å²) in [5, 5.41) is 6.69. The van der Waals surface area contributed by atoms with Gasteiger partial charge in [-0.2, -0.15) is 0 Å².